The normalized spacial score (nSPS) is 14.2. The van der Waals surface area contributed by atoms with Crippen LogP contribution in [0.3, 0.4) is 0 Å². The third-order valence-corrected chi connectivity index (χ3v) is 5.86. The molecule has 1 N–H and O–H groups in total. The summed E-state index contributed by atoms with van der Waals surface area (Å²) in [4.78, 5) is 8.14. The van der Waals surface area contributed by atoms with Gasteiger partial charge in [-0.25, -0.2) is 4.99 Å². The zero-order chi connectivity index (χ0) is 18.6. The lowest BCUT2D eigenvalue weighted by molar-refractivity contribution is 0.249. The van der Waals surface area contributed by atoms with Crippen LogP contribution in [0.25, 0.3) is 0 Å². The Balaban J connectivity index is 1.57. The molecule has 4 rings (SSSR count). The molecule has 0 fully saturated rings. The Labute approximate surface area is 162 Å². The number of aliphatic imine (C=N–C) groups is 1. The highest BCUT2D eigenvalue weighted by Gasteiger charge is 2.24. The third-order valence-electron chi connectivity index (χ3n) is 4.74. The van der Waals surface area contributed by atoms with Gasteiger partial charge >= 0.3 is 0 Å². The summed E-state index contributed by atoms with van der Waals surface area (Å²) >= 11 is 1.58. The first kappa shape index (κ1) is 17.5. The van der Waals surface area contributed by atoms with Crippen molar-refractivity contribution < 1.29 is 5.11 Å². The fraction of sp³-hybridized carbons (Fsp3) is 0.182. The van der Waals surface area contributed by atoms with E-state index < -0.39 is 0 Å². The first-order valence-electron chi connectivity index (χ1n) is 8.87. The zero-order valence-corrected chi connectivity index (χ0v) is 15.6. The topological polar surface area (TPSA) is 59.6 Å². The Bertz CT molecular complexity index is 1020. The van der Waals surface area contributed by atoms with Crippen molar-refractivity contribution in [3.8, 4) is 11.8 Å². The second-order valence-corrected chi connectivity index (χ2v) is 7.64. The Hall–Kier alpha value is -2.94. The molecular formula is C22H19N3OS. The van der Waals surface area contributed by atoms with Crippen molar-refractivity contribution in [1.82, 2.24) is 4.90 Å². The number of nitriles is 1. The van der Waals surface area contributed by atoms with Crippen molar-refractivity contribution in [3.05, 3.63) is 81.7 Å². The van der Waals surface area contributed by atoms with Crippen LogP contribution in [0.2, 0.25) is 0 Å². The lowest BCUT2D eigenvalue weighted by atomic mass is 10.0. The van der Waals surface area contributed by atoms with E-state index in [2.05, 4.69) is 40.2 Å². The van der Waals surface area contributed by atoms with Crippen molar-refractivity contribution >= 4 is 22.6 Å². The molecular weight excluding hydrogens is 354 g/mol. The molecule has 0 saturated carbocycles. The van der Waals surface area contributed by atoms with Crippen LogP contribution in [0.4, 0.5) is 5.00 Å². The third kappa shape index (κ3) is 3.77. The number of nitrogens with zero attached hydrogens (tertiary/aromatic N) is 3. The number of hydrogen-bond donors (Lipinski definition) is 1. The summed E-state index contributed by atoms with van der Waals surface area (Å²) < 4.78 is 0. The Morgan fingerprint density at radius 2 is 1.93 bits per heavy atom. The minimum Gasteiger partial charge on any atom is -0.507 e. The van der Waals surface area contributed by atoms with Crippen LogP contribution in [-0.2, 0) is 19.5 Å². The van der Waals surface area contributed by atoms with Crippen LogP contribution < -0.4 is 0 Å². The molecule has 1 aliphatic rings. The zero-order valence-electron chi connectivity index (χ0n) is 14.8. The second-order valence-electron chi connectivity index (χ2n) is 6.56. The number of phenols is 1. The summed E-state index contributed by atoms with van der Waals surface area (Å²) in [7, 11) is 0. The van der Waals surface area contributed by atoms with Gasteiger partial charge in [0.1, 0.15) is 16.8 Å². The van der Waals surface area contributed by atoms with Crippen LogP contribution in [0, 0.1) is 11.3 Å². The summed E-state index contributed by atoms with van der Waals surface area (Å²) in [6, 6.07) is 19.9. The average molecular weight is 373 g/mol. The predicted octanol–water partition coefficient (Wildman–Crippen LogP) is 4.63. The van der Waals surface area contributed by atoms with Crippen LogP contribution in [0.15, 0.2) is 59.6 Å². The maximum Gasteiger partial charge on any atom is 0.134 e. The van der Waals surface area contributed by atoms with Gasteiger partial charge in [0.2, 0.25) is 0 Å². The number of hydrogen-bond acceptors (Lipinski definition) is 5. The first-order valence-corrected chi connectivity index (χ1v) is 9.69. The SMILES string of the molecule is N#Cc1c(/N=C/c2ccccc2O)sc2c1CCN(Cc1ccccc1)C2. The van der Waals surface area contributed by atoms with Crippen LogP contribution >= 0.6 is 11.3 Å². The van der Waals surface area contributed by atoms with E-state index >= 15 is 0 Å². The van der Waals surface area contributed by atoms with E-state index in [1.54, 1.807) is 35.8 Å². The van der Waals surface area contributed by atoms with Crippen molar-refractivity contribution in [2.75, 3.05) is 6.54 Å². The number of fused-ring (bicyclic) bond motifs is 1. The van der Waals surface area contributed by atoms with E-state index in [0.29, 0.717) is 11.1 Å². The van der Waals surface area contributed by atoms with Gasteiger partial charge in [-0.15, -0.1) is 11.3 Å². The predicted molar refractivity (Wildman–Crippen MR) is 109 cm³/mol. The molecule has 27 heavy (non-hydrogen) atoms. The lowest BCUT2D eigenvalue weighted by Crippen LogP contribution is -2.29. The summed E-state index contributed by atoms with van der Waals surface area (Å²) in [6.07, 6.45) is 2.50. The molecule has 0 aliphatic carbocycles. The van der Waals surface area contributed by atoms with Gasteiger partial charge in [-0.3, -0.25) is 4.90 Å². The summed E-state index contributed by atoms with van der Waals surface area (Å²) in [5.74, 6) is 0.190. The standard InChI is InChI=1S/C22H19N3OS/c23-12-19-18-10-11-25(14-16-6-2-1-3-7-16)15-21(18)27-22(19)24-13-17-8-4-5-9-20(17)26/h1-9,13,26H,10-11,14-15H2/b24-13+. The molecule has 134 valence electrons. The largest absolute Gasteiger partial charge is 0.507 e. The quantitative estimate of drug-likeness (QED) is 0.678. The monoisotopic (exact) mass is 373 g/mol. The van der Waals surface area contributed by atoms with E-state index in [1.165, 1.54) is 10.4 Å². The smallest absolute Gasteiger partial charge is 0.134 e. The van der Waals surface area contributed by atoms with E-state index in [9.17, 15) is 10.4 Å². The molecule has 0 amide bonds. The van der Waals surface area contributed by atoms with Crippen LogP contribution in [0.1, 0.15) is 27.1 Å². The van der Waals surface area contributed by atoms with E-state index in [4.69, 9.17) is 0 Å². The minimum atomic E-state index is 0.190. The highest BCUT2D eigenvalue weighted by atomic mass is 32.1. The summed E-state index contributed by atoms with van der Waals surface area (Å²) in [5, 5.41) is 20.3. The van der Waals surface area contributed by atoms with Crippen molar-refractivity contribution in [2.24, 2.45) is 4.99 Å². The summed E-state index contributed by atoms with van der Waals surface area (Å²) in [5.41, 5.74) is 3.77. The molecule has 0 radical (unpaired) electrons. The average Bonchev–Trinajstić information content (AvgIpc) is 3.05. The molecule has 4 nitrogen and oxygen atoms in total. The molecule has 0 atom stereocenters. The molecule has 0 bridgehead atoms. The molecule has 1 aromatic heterocycles. The molecule has 3 aromatic rings. The van der Waals surface area contributed by atoms with Gasteiger partial charge in [-0.2, -0.15) is 5.26 Å². The molecule has 5 heteroatoms. The highest BCUT2D eigenvalue weighted by Crippen LogP contribution is 2.38. The van der Waals surface area contributed by atoms with Gasteiger partial charge in [0, 0.05) is 36.3 Å². The fourth-order valence-corrected chi connectivity index (χ4v) is 4.53. The van der Waals surface area contributed by atoms with Crippen molar-refractivity contribution in [2.45, 2.75) is 19.5 Å². The Kier molecular flexibility index (Phi) is 5.01. The van der Waals surface area contributed by atoms with E-state index in [-0.39, 0.29) is 5.75 Å². The number of thiophene rings is 1. The van der Waals surface area contributed by atoms with Gasteiger partial charge in [0.05, 0.1) is 5.56 Å². The molecule has 2 aromatic carbocycles. The Morgan fingerprint density at radius 3 is 2.70 bits per heavy atom. The molecule has 0 unspecified atom stereocenters. The van der Waals surface area contributed by atoms with Gasteiger partial charge < -0.3 is 5.11 Å². The highest BCUT2D eigenvalue weighted by molar-refractivity contribution is 7.16. The number of para-hydroxylation sites is 1. The molecule has 0 saturated heterocycles. The van der Waals surface area contributed by atoms with E-state index in [0.717, 1.165) is 36.6 Å². The second kappa shape index (κ2) is 7.75. The van der Waals surface area contributed by atoms with Gasteiger partial charge in [-0.05, 0) is 29.7 Å². The maximum absolute atomic E-state index is 9.89. The summed E-state index contributed by atoms with van der Waals surface area (Å²) in [6.45, 7) is 2.70. The minimum absolute atomic E-state index is 0.190. The van der Waals surface area contributed by atoms with Crippen LogP contribution in [-0.4, -0.2) is 22.8 Å². The number of benzene rings is 2. The molecule has 2 heterocycles. The Morgan fingerprint density at radius 1 is 1.15 bits per heavy atom. The van der Waals surface area contributed by atoms with Crippen molar-refractivity contribution in [3.63, 3.8) is 0 Å². The molecule has 0 spiro atoms. The number of rotatable bonds is 4. The molecule has 1 aliphatic heterocycles. The fourth-order valence-electron chi connectivity index (χ4n) is 3.35. The number of aromatic hydroxyl groups is 1. The van der Waals surface area contributed by atoms with Crippen LogP contribution in [0.5, 0.6) is 5.75 Å². The maximum atomic E-state index is 9.89. The van der Waals surface area contributed by atoms with Gasteiger partial charge in [-0.1, -0.05) is 42.5 Å². The van der Waals surface area contributed by atoms with Crippen molar-refractivity contribution in [1.29, 1.82) is 5.26 Å². The number of phenolic OH excluding ortho intramolecular Hbond substituents is 1. The van der Waals surface area contributed by atoms with Gasteiger partial charge in [0.25, 0.3) is 0 Å². The first-order chi connectivity index (χ1) is 13.2. The lowest BCUT2D eigenvalue weighted by Gasteiger charge is -2.26. The van der Waals surface area contributed by atoms with E-state index in [1.807, 2.05) is 12.1 Å². The van der Waals surface area contributed by atoms with Gasteiger partial charge in [0.15, 0.2) is 0 Å².